The molecule has 11 heteroatoms. The number of carbonyl (C=O) groups excluding carboxylic acids is 1. The molecular formula is C19H20F2N4O3S2. The molecule has 0 unspecified atom stereocenters. The normalized spacial score (nSPS) is 13.0. The van der Waals surface area contributed by atoms with Crippen molar-refractivity contribution < 1.29 is 22.0 Å². The summed E-state index contributed by atoms with van der Waals surface area (Å²) in [6.45, 7) is 1.62. The lowest BCUT2D eigenvalue weighted by atomic mass is 10.1. The molecule has 0 aliphatic heterocycles. The number of rotatable bonds is 7. The number of nitrogens with zero attached hydrogens (tertiary/aromatic N) is 3. The Balaban J connectivity index is 1.83. The van der Waals surface area contributed by atoms with Gasteiger partial charge in [-0.25, -0.2) is 18.5 Å². The van der Waals surface area contributed by atoms with Crippen LogP contribution in [0.5, 0.6) is 0 Å². The molecule has 0 saturated heterocycles. The molecule has 0 radical (unpaired) electrons. The van der Waals surface area contributed by atoms with E-state index < -0.39 is 15.8 Å². The van der Waals surface area contributed by atoms with Crippen LogP contribution in [0.3, 0.4) is 0 Å². The number of imidazole rings is 1. The average molecular weight is 455 g/mol. The van der Waals surface area contributed by atoms with Crippen LogP contribution in [0.2, 0.25) is 0 Å². The van der Waals surface area contributed by atoms with Gasteiger partial charge < -0.3 is 9.47 Å². The summed E-state index contributed by atoms with van der Waals surface area (Å²) in [6, 6.07) is 12.5. The van der Waals surface area contributed by atoms with Gasteiger partial charge in [0.25, 0.3) is 5.76 Å². The zero-order valence-electron chi connectivity index (χ0n) is 16.2. The minimum Gasteiger partial charge on any atom is -0.337 e. The van der Waals surface area contributed by atoms with E-state index in [1.54, 1.807) is 50.4 Å². The standard InChI is InChI=1S/C19H20F2N4O3S2/c1-12(13-7-9-14(10-8-13)30(22,27)28)24(2)17(26)11-25-16-6-4-3-5-15(16)23-19(25)29-18(20)21/h3-10,12,18H,11H2,1-2H3,(H2,22,27,28)/t12-/m1/s1. The Morgan fingerprint density at radius 2 is 1.83 bits per heavy atom. The van der Waals surface area contributed by atoms with Crippen LogP contribution < -0.4 is 5.14 Å². The summed E-state index contributed by atoms with van der Waals surface area (Å²) in [5, 5.41) is 5.17. The number of aromatic nitrogens is 2. The average Bonchev–Trinajstić information content (AvgIpc) is 3.02. The van der Waals surface area contributed by atoms with Crippen LogP contribution in [0, 0.1) is 0 Å². The van der Waals surface area contributed by atoms with Crippen LogP contribution in [-0.4, -0.2) is 41.6 Å². The largest absolute Gasteiger partial charge is 0.337 e. The van der Waals surface area contributed by atoms with E-state index in [2.05, 4.69) is 4.98 Å². The molecule has 0 spiro atoms. The molecule has 1 atom stereocenters. The van der Waals surface area contributed by atoms with Crippen LogP contribution in [0.25, 0.3) is 11.0 Å². The van der Waals surface area contributed by atoms with Crippen molar-refractivity contribution in [3.05, 3.63) is 54.1 Å². The molecule has 7 nitrogen and oxygen atoms in total. The van der Waals surface area contributed by atoms with Gasteiger partial charge in [-0.3, -0.25) is 4.79 Å². The lowest BCUT2D eigenvalue weighted by Gasteiger charge is -2.26. The molecule has 1 amide bonds. The molecule has 1 heterocycles. The summed E-state index contributed by atoms with van der Waals surface area (Å²) in [5.41, 5.74) is 1.83. The monoisotopic (exact) mass is 454 g/mol. The summed E-state index contributed by atoms with van der Waals surface area (Å²) in [5.74, 6) is -2.97. The van der Waals surface area contributed by atoms with Crippen molar-refractivity contribution in [2.75, 3.05) is 7.05 Å². The zero-order chi connectivity index (χ0) is 22.1. The minimum absolute atomic E-state index is 0.0222. The number of benzene rings is 2. The van der Waals surface area contributed by atoms with Crippen LogP contribution in [0.1, 0.15) is 18.5 Å². The van der Waals surface area contributed by atoms with E-state index in [0.717, 1.165) is 0 Å². The third-order valence-electron chi connectivity index (χ3n) is 4.77. The van der Waals surface area contributed by atoms with Crippen molar-refractivity contribution in [1.29, 1.82) is 0 Å². The van der Waals surface area contributed by atoms with Gasteiger partial charge in [-0.05, 0) is 48.5 Å². The van der Waals surface area contributed by atoms with E-state index in [9.17, 15) is 22.0 Å². The van der Waals surface area contributed by atoms with E-state index in [0.29, 0.717) is 28.4 Å². The highest BCUT2D eigenvalue weighted by molar-refractivity contribution is 7.99. The topological polar surface area (TPSA) is 98.3 Å². The van der Waals surface area contributed by atoms with E-state index in [1.807, 2.05) is 0 Å². The number of carbonyl (C=O) groups is 1. The molecule has 0 fully saturated rings. The van der Waals surface area contributed by atoms with Crippen LogP contribution in [0.15, 0.2) is 58.6 Å². The number of para-hydroxylation sites is 2. The van der Waals surface area contributed by atoms with Crippen molar-refractivity contribution in [2.45, 2.75) is 35.3 Å². The zero-order valence-corrected chi connectivity index (χ0v) is 17.8. The quantitative estimate of drug-likeness (QED) is 0.553. The highest BCUT2D eigenvalue weighted by atomic mass is 32.2. The molecule has 1 aromatic heterocycles. The molecule has 0 saturated carbocycles. The second kappa shape index (κ2) is 8.70. The Hall–Kier alpha value is -2.50. The van der Waals surface area contributed by atoms with Crippen LogP contribution >= 0.6 is 11.8 Å². The number of amides is 1. The van der Waals surface area contributed by atoms with Crippen molar-refractivity contribution >= 4 is 38.7 Å². The van der Waals surface area contributed by atoms with E-state index >= 15 is 0 Å². The number of alkyl halides is 2. The maximum Gasteiger partial charge on any atom is 0.291 e. The van der Waals surface area contributed by atoms with Gasteiger partial charge in [-0.2, -0.15) is 8.78 Å². The number of likely N-dealkylation sites (N-methyl/N-ethyl adjacent to an activating group) is 1. The predicted octanol–water partition coefficient (Wildman–Crippen LogP) is 3.22. The summed E-state index contributed by atoms with van der Waals surface area (Å²) in [4.78, 5) is 18.6. The minimum atomic E-state index is -3.81. The SMILES string of the molecule is C[C@H](c1ccc(S(N)(=O)=O)cc1)N(C)C(=O)Cn1c(SC(F)F)nc2ccccc21. The Kier molecular flexibility index (Phi) is 6.44. The second-order valence-corrected chi connectivity index (χ2v) is 9.16. The summed E-state index contributed by atoms with van der Waals surface area (Å²) >= 11 is 0.292. The number of fused-ring (bicyclic) bond motifs is 1. The molecule has 0 bridgehead atoms. The highest BCUT2D eigenvalue weighted by Gasteiger charge is 2.22. The number of hydrogen-bond acceptors (Lipinski definition) is 5. The lowest BCUT2D eigenvalue weighted by Crippen LogP contribution is -2.32. The van der Waals surface area contributed by atoms with Crippen molar-refractivity contribution in [3.63, 3.8) is 0 Å². The van der Waals surface area contributed by atoms with Gasteiger partial charge in [0.05, 0.1) is 22.0 Å². The Bertz CT molecular complexity index is 1160. The molecule has 2 N–H and O–H groups in total. The fourth-order valence-electron chi connectivity index (χ4n) is 3.00. The summed E-state index contributed by atoms with van der Waals surface area (Å²) < 4.78 is 50.2. The van der Waals surface area contributed by atoms with E-state index in [-0.39, 0.29) is 28.5 Å². The predicted molar refractivity (Wildman–Crippen MR) is 111 cm³/mol. The Morgan fingerprint density at radius 1 is 1.20 bits per heavy atom. The number of hydrogen-bond donors (Lipinski definition) is 1. The van der Waals surface area contributed by atoms with Gasteiger partial charge in [0.2, 0.25) is 15.9 Å². The first-order valence-corrected chi connectivity index (χ1v) is 11.3. The number of nitrogens with two attached hydrogens (primary N) is 1. The number of thioether (sulfide) groups is 1. The first-order chi connectivity index (χ1) is 14.1. The first kappa shape index (κ1) is 22.2. The fourth-order valence-corrected chi connectivity index (χ4v) is 4.11. The highest BCUT2D eigenvalue weighted by Crippen LogP contribution is 2.29. The van der Waals surface area contributed by atoms with Gasteiger partial charge in [0.1, 0.15) is 6.54 Å². The van der Waals surface area contributed by atoms with Gasteiger partial charge in [0.15, 0.2) is 5.16 Å². The smallest absolute Gasteiger partial charge is 0.291 e. The molecule has 160 valence electrons. The molecule has 3 rings (SSSR count). The fraction of sp³-hybridized carbons (Fsp3) is 0.263. The summed E-state index contributed by atoms with van der Waals surface area (Å²) in [6.07, 6.45) is 0. The van der Waals surface area contributed by atoms with Gasteiger partial charge in [-0.1, -0.05) is 24.3 Å². The number of sulfonamides is 1. The second-order valence-electron chi connectivity index (χ2n) is 6.64. The lowest BCUT2D eigenvalue weighted by molar-refractivity contribution is -0.132. The molecule has 30 heavy (non-hydrogen) atoms. The maximum atomic E-state index is 13.0. The van der Waals surface area contributed by atoms with Crippen molar-refractivity contribution in [2.24, 2.45) is 5.14 Å². The van der Waals surface area contributed by atoms with Gasteiger partial charge in [-0.15, -0.1) is 0 Å². The van der Waals surface area contributed by atoms with E-state index in [4.69, 9.17) is 5.14 Å². The molecule has 0 aliphatic rings. The first-order valence-electron chi connectivity index (χ1n) is 8.86. The third-order valence-corrected chi connectivity index (χ3v) is 6.40. The molecule has 2 aromatic carbocycles. The van der Waals surface area contributed by atoms with Gasteiger partial charge in [0, 0.05) is 7.05 Å². The van der Waals surface area contributed by atoms with Crippen LogP contribution in [0.4, 0.5) is 8.78 Å². The van der Waals surface area contributed by atoms with Crippen LogP contribution in [-0.2, 0) is 21.4 Å². The summed E-state index contributed by atoms with van der Waals surface area (Å²) in [7, 11) is -2.21. The maximum absolute atomic E-state index is 13.0. The molecule has 0 aliphatic carbocycles. The third kappa shape index (κ3) is 4.79. The van der Waals surface area contributed by atoms with E-state index in [1.165, 1.54) is 21.6 Å². The number of primary sulfonamides is 1. The molecule has 3 aromatic rings. The Morgan fingerprint density at radius 3 is 2.43 bits per heavy atom. The van der Waals surface area contributed by atoms with Gasteiger partial charge >= 0.3 is 0 Å². The van der Waals surface area contributed by atoms with Crippen molar-refractivity contribution in [1.82, 2.24) is 14.5 Å². The number of halogens is 2. The Labute approximate surface area is 176 Å². The van der Waals surface area contributed by atoms with Crippen molar-refractivity contribution in [3.8, 4) is 0 Å². The molecular weight excluding hydrogens is 434 g/mol.